The summed E-state index contributed by atoms with van der Waals surface area (Å²) in [4.78, 5) is 22.8. The van der Waals surface area contributed by atoms with Crippen molar-refractivity contribution in [3.05, 3.63) is 53.1 Å². The zero-order chi connectivity index (χ0) is 25.8. The number of rotatable bonds is 7. The lowest BCUT2D eigenvalue weighted by Crippen LogP contribution is -2.57. The van der Waals surface area contributed by atoms with Crippen molar-refractivity contribution < 1.29 is 14.3 Å². The van der Waals surface area contributed by atoms with E-state index in [0.717, 1.165) is 29.7 Å². The molecule has 1 atom stereocenters. The topological polar surface area (TPSA) is 122 Å². The van der Waals surface area contributed by atoms with Gasteiger partial charge >= 0.3 is 0 Å². The summed E-state index contributed by atoms with van der Waals surface area (Å²) in [5.41, 5.74) is 2.11. The number of nitrogens with one attached hydrogen (secondary N) is 1. The third-order valence-corrected chi connectivity index (χ3v) is 6.90. The molecule has 0 aromatic carbocycles. The highest BCUT2D eigenvalue weighted by Crippen LogP contribution is 2.39. The molecule has 188 valence electrons. The Kier molecular flexibility index (Phi) is 7.45. The second-order valence-corrected chi connectivity index (χ2v) is 9.76. The highest BCUT2D eigenvalue weighted by atomic mass is 16.5. The van der Waals surface area contributed by atoms with Crippen LogP contribution in [0.3, 0.4) is 0 Å². The Bertz CT molecular complexity index is 1210. The molecule has 1 unspecified atom stereocenters. The minimum atomic E-state index is -0.859. The molecule has 36 heavy (non-hydrogen) atoms. The Balaban J connectivity index is 1.66. The number of ether oxygens (including phenoxy) is 2. The number of nitrogens with zero attached hydrogens (tertiary/aromatic N) is 5. The van der Waals surface area contributed by atoms with Crippen LogP contribution < -0.4 is 10.1 Å². The standard InChI is InChI=1S/C27H32N6O3/c1-5-36-24-7-6-19(14-29-24)22-13-27(17-30-18(22)2,21-8-10-35-11-9-21)32-25(34)20-12-23(33-31-15-20)26(3,4)16-28/h6-7,12,14-15,17,21H,5,8-11,13H2,1-4H3,(H,32,34). The number of hydrogen-bond acceptors (Lipinski definition) is 8. The van der Waals surface area contributed by atoms with E-state index in [-0.39, 0.29) is 11.8 Å². The number of carbonyl (C=O) groups excluding carboxylic acids is 1. The van der Waals surface area contributed by atoms with Crippen LogP contribution in [0, 0.1) is 17.2 Å². The Hall–Kier alpha value is -3.64. The highest BCUT2D eigenvalue weighted by Gasteiger charge is 2.43. The minimum Gasteiger partial charge on any atom is -0.478 e. The minimum absolute atomic E-state index is 0.141. The molecule has 0 aliphatic carbocycles. The molecule has 9 heteroatoms. The number of aromatic nitrogens is 3. The van der Waals surface area contributed by atoms with Crippen LogP contribution in [0.5, 0.6) is 5.88 Å². The van der Waals surface area contributed by atoms with Crippen LogP contribution in [0.4, 0.5) is 0 Å². The fraction of sp³-hybridized carbons (Fsp3) is 0.481. The Morgan fingerprint density at radius 3 is 2.75 bits per heavy atom. The lowest BCUT2D eigenvalue weighted by atomic mass is 9.73. The van der Waals surface area contributed by atoms with Gasteiger partial charge in [-0.1, -0.05) is 0 Å². The monoisotopic (exact) mass is 488 g/mol. The van der Waals surface area contributed by atoms with Gasteiger partial charge in [-0.3, -0.25) is 9.79 Å². The number of allylic oxidation sites excluding steroid dienone is 1. The summed E-state index contributed by atoms with van der Waals surface area (Å²) in [5.74, 6) is 0.438. The van der Waals surface area contributed by atoms with Gasteiger partial charge in [-0.05, 0) is 69.7 Å². The van der Waals surface area contributed by atoms with Crippen LogP contribution >= 0.6 is 0 Å². The first-order valence-electron chi connectivity index (χ1n) is 12.3. The van der Waals surface area contributed by atoms with E-state index in [0.29, 0.717) is 43.4 Å². The molecule has 0 spiro atoms. The molecular formula is C27H32N6O3. The van der Waals surface area contributed by atoms with E-state index in [2.05, 4.69) is 26.6 Å². The first-order chi connectivity index (χ1) is 17.3. The molecule has 2 aliphatic rings. The van der Waals surface area contributed by atoms with E-state index in [1.807, 2.05) is 32.2 Å². The summed E-state index contributed by atoms with van der Waals surface area (Å²) in [7, 11) is 0. The third kappa shape index (κ3) is 5.29. The number of amides is 1. The van der Waals surface area contributed by atoms with Crippen molar-refractivity contribution in [1.29, 1.82) is 5.26 Å². The molecule has 1 amide bonds. The quantitative estimate of drug-likeness (QED) is 0.628. The summed E-state index contributed by atoms with van der Waals surface area (Å²) < 4.78 is 11.1. The van der Waals surface area contributed by atoms with E-state index in [1.54, 1.807) is 26.1 Å². The van der Waals surface area contributed by atoms with Crippen molar-refractivity contribution in [2.24, 2.45) is 10.9 Å². The Morgan fingerprint density at radius 1 is 1.31 bits per heavy atom. The fourth-order valence-electron chi connectivity index (χ4n) is 4.64. The molecule has 0 radical (unpaired) electrons. The summed E-state index contributed by atoms with van der Waals surface area (Å²) >= 11 is 0. The van der Waals surface area contributed by atoms with Crippen molar-refractivity contribution >= 4 is 17.7 Å². The zero-order valence-corrected chi connectivity index (χ0v) is 21.2. The average molecular weight is 489 g/mol. The van der Waals surface area contributed by atoms with Crippen LogP contribution in [0.1, 0.15) is 68.6 Å². The SMILES string of the molecule is CCOc1ccc(C2=C(C)N=CC(NC(=O)c3cnnc(C(C)(C)C#N)c3)(C3CCOCC3)C2)cn1. The van der Waals surface area contributed by atoms with Gasteiger partial charge in [0.05, 0.1) is 41.1 Å². The molecule has 2 aromatic heterocycles. The second kappa shape index (κ2) is 10.5. The van der Waals surface area contributed by atoms with Gasteiger partial charge in [0.2, 0.25) is 5.88 Å². The molecule has 0 bridgehead atoms. The van der Waals surface area contributed by atoms with E-state index in [9.17, 15) is 10.1 Å². The Morgan fingerprint density at radius 2 is 2.08 bits per heavy atom. The Labute approximate surface area is 211 Å². The molecule has 1 N–H and O–H groups in total. The normalized spacial score (nSPS) is 20.6. The molecule has 0 saturated carbocycles. The van der Waals surface area contributed by atoms with Gasteiger partial charge in [0.1, 0.15) is 0 Å². The lowest BCUT2D eigenvalue weighted by molar-refractivity contribution is 0.0433. The van der Waals surface area contributed by atoms with Crippen LogP contribution in [0.15, 0.2) is 41.3 Å². The predicted octanol–water partition coefficient (Wildman–Crippen LogP) is 3.87. The van der Waals surface area contributed by atoms with Crippen molar-refractivity contribution in [3.63, 3.8) is 0 Å². The lowest BCUT2D eigenvalue weighted by Gasteiger charge is -2.43. The number of hydrogen-bond donors (Lipinski definition) is 1. The van der Waals surface area contributed by atoms with Crippen molar-refractivity contribution in [3.8, 4) is 11.9 Å². The second-order valence-electron chi connectivity index (χ2n) is 9.76. The summed E-state index contributed by atoms with van der Waals surface area (Å²) in [6.07, 6.45) is 7.30. The summed E-state index contributed by atoms with van der Waals surface area (Å²) in [5, 5.41) is 20.9. The third-order valence-electron chi connectivity index (χ3n) is 6.90. The van der Waals surface area contributed by atoms with E-state index < -0.39 is 11.0 Å². The van der Waals surface area contributed by atoms with E-state index >= 15 is 0 Å². The number of nitriles is 1. The molecule has 1 saturated heterocycles. The van der Waals surface area contributed by atoms with Gasteiger partial charge in [-0.2, -0.15) is 15.5 Å². The van der Waals surface area contributed by atoms with Gasteiger partial charge in [0.15, 0.2) is 0 Å². The number of carbonyl (C=O) groups is 1. The number of aliphatic imine (C=N–C) groups is 1. The van der Waals surface area contributed by atoms with Crippen LogP contribution in [0.2, 0.25) is 0 Å². The van der Waals surface area contributed by atoms with Crippen molar-refractivity contribution in [1.82, 2.24) is 20.5 Å². The molecule has 1 fully saturated rings. The van der Waals surface area contributed by atoms with Gasteiger partial charge in [0.25, 0.3) is 5.91 Å². The molecular weight excluding hydrogens is 456 g/mol. The summed E-state index contributed by atoms with van der Waals surface area (Å²) in [6.45, 7) is 9.22. The van der Waals surface area contributed by atoms with Crippen LogP contribution in [0.25, 0.3) is 5.57 Å². The largest absolute Gasteiger partial charge is 0.478 e. The summed E-state index contributed by atoms with van der Waals surface area (Å²) in [6, 6.07) is 7.69. The fourth-order valence-corrected chi connectivity index (χ4v) is 4.64. The molecule has 2 aromatic rings. The van der Waals surface area contributed by atoms with E-state index in [4.69, 9.17) is 14.5 Å². The average Bonchev–Trinajstić information content (AvgIpc) is 2.91. The van der Waals surface area contributed by atoms with Gasteiger partial charge < -0.3 is 14.8 Å². The molecule has 4 rings (SSSR count). The first-order valence-corrected chi connectivity index (χ1v) is 12.3. The highest BCUT2D eigenvalue weighted by molar-refractivity contribution is 5.98. The van der Waals surface area contributed by atoms with Crippen LogP contribution in [-0.2, 0) is 10.2 Å². The zero-order valence-electron chi connectivity index (χ0n) is 21.2. The smallest absolute Gasteiger partial charge is 0.253 e. The predicted molar refractivity (Wildman–Crippen MR) is 136 cm³/mol. The van der Waals surface area contributed by atoms with E-state index in [1.165, 1.54) is 6.20 Å². The van der Waals surface area contributed by atoms with Crippen molar-refractivity contribution in [2.45, 2.75) is 57.9 Å². The van der Waals surface area contributed by atoms with Crippen LogP contribution in [-0.4, -0.2) is 52.7 Å². The molecule has 9 nitrogen and oxygen atoms in total. The number of pyridine rings is 1. The van der Waals surface area contributed by atoms with Gasteiger partial charge in [-0.25, -0.2) is 4.98 Å². The van der Waals surface area contributed by atoms with Gasteiger partial charge in [-0.15, -0.1) is 0 Å². The van der Waals surface area contributed by atoms with Gasteiger partial charge in [0, 0.05) is 43.8 Å². The maximum atomic E-state index is 13.6. The molecule has 2 aliphatic heterocycles. The maximum Gasteiger partial charge on any atom is 0.253 e. The maximum absolute atomic E-state index is 13.6. The molecule has 4 heterocycles. The first kappa shape index (κ1) is 25.5. The van der Waals surface area contributed by atoms with Crippen molar-refractivity contribution in [2.75, 3.05) is 19.8 Å².